The number of hydrogen-bond donors (Lipinski definition) is 1. The van der Waals surface area contributed by atoms with Gasteiger partial charge in [0.15, 0.2) is 0 Å². The number of rotatable bonds is 3. The Morgan fingerprint density at radius 1 is 0.960 bits per heavy atom. The van der Waals surface area contributed by atoms with Crippen molar-refractivity contribution in [2.24, 2.45) is 7.05 Å². The standard InChI is InChI=1S/C19H16N4O2/c1-22-18(24)16-11-20-21-17(16)23(19(22)25)12-13-7-9-15(10-8-13)14-5-3-2-4-6-14/h2-11H,12H2,1H3,(H,20,21). The first-order chi connectivity index (χ1) is 12.1. The van der Waals surface area contributed by atoms with Crippen LogP contribution in [0.15, 0.2) is 70.4 Å². The molecular formula is C19H16N4O2. The molecule has 2 heterocycles. The summed E-state index contributed by atoms with van der Waals surface area (Å²) in [5, 5.41) is 7.06. The predicted molar refractivity (Wildman–Crippen MR) is 96.6 cm³/mol. The molecule has 124 valence electrons. The van der Waals surface area contributed by atoms with Gasteiger partial charge in [-0.05, 0) is 16.7 Å². The molecule has 6 heteroatoms. The fraction of sp³-hybridized carbons (Fsp3) is 0.105. The largest absolute Gasteiger partial charge is 0.332 e. The summed E-state index contributed by atoms with van der Waals surface area (Å²) in [6.45, 7) is 0.362. The van der Waals surface area contributed by atoms with Crippen LogP contribution in [0.25, 0.3) is 22.2 Å². The topological polar surface area (TPSA) is 72.7 Å². The smallest absolute Gasteiger partial charge is 0.273 e. The molecule has 0 saturated heterocycles. The molecule has 0 bridgehead atoms. The number of aromatic nitrogens is 4. The normalized spacial score (nSPS) is 11.1. The maximum Gasteiger partial charge on any atom is 0.332 e. The first-order valence-corrected chi connectivity index (χ1v) is 7.92. The minimum absolute atomic E-state index is 0.343. The molecular weight excluding hydrogens is 316 g/mol. The zero-order valence-corrected chi connectivity index (χ0v) is 13.6. The number of H-pyrrole nitrogens is 1. The van der Waals surface area contributed by atoms with Gasteiger partial charge < -0.3 is 0 Å². The monoisotopic (exact) mass is 332 g/mol. The molecule has 2 aromatic carbocycles. The van der Waals surface area contributed by atoms with Crippen molar-refractivity contribution in [1.29, 1.82) is 0 Å². The van der Waals surface area contributed by atoms with E-state index in [1.54, 1.807) is 0 Å². The fourth-order valence-corrected chi connectivity index (χ4v) is 2.95. The van der Waals surface area contributed by atoms with Crippen molar-refractivity contribution in [3.8, 4) is 11.1 Å². The molecule has 4 aromatic rings. The van der Waals surface area contributed by atoms with Gasteiger partial charge in [0, 0.05) is 7.05 Å². The Morgan fingerprint density at radius 3 is 2.36 bits per heavy atom. The van der Waals surface area contributed by atoms with Crippen LogP contribution < -0.4 is 11.2 Å². The van der Waals surface area contributed by atoms with Gasteiger partial charge in [0.2, 0.25) is 0 Å². The lowest BCUT2D eigenvalue weighted by molar-refractivity contribution is 0.668. The van der Waals surface area contributed by atoms with Crippen molar-refractivity contribution < 1.29 is 0 Å². The van der Waals surface area contributed by atoms with E-state index >= 15 is 0 Å². The first kappa shape index (κ1) is 15.1. The third-order valence-corrected chi connectivity index (χ3v) is 4.34. The Labute approximate surface area is 143 Å². The van der Waals surface area contributed by atoms with Crippen LogP contribution in [0.4, 0.5) is 0 Å². The maximum absolute atomic E-state index is 12.5. The van der Waals surface area contributed by atoms with Gasteiger partial charge in [0.05, 0.1) is 12.7 Å². The first-order valence-electron chi connectivity index (χ1n) is 7.92. The number of nitrogens with one attached hydrogen (secondary N) is 1. The molecule has 0 spiro atoms. The lowest BCUT2D eigenvalue weighted by atomic mass is 10.0. The van der Waals surface area contributed by atoms with Gasteiger partial charge >= 0.3 is 5.69 Å². The van der Waals surface area contributed by atoms with E-state index in [0.717, 1.165) is 21.3 Å². The number of fused-ring (bicyclic) bond motifs is 1. The van der Waals surface area contributed by atoms with E-state index in [2.05, 4.69) is 22.3 Å². The average molecular weight is 332 g/mol. The van der Waals surface area contributed by atoms with Crippen LogP contribution in [0.2, 0.25) is 0 Å². The molecule has 0 aliphatic rings. The summed E-state index contributed by atoms with van der Waals surface area (Å²) in [5.41, 5.74) is 2.96. The van der Waals surface area contributed by atoms with Crippen LogP contribution in [0.1, 0.15) is 5.56 Å². The second-order valence-electron chi connectivity index (χ2n) is 5.93. The molecule has 0 radical (unpaired) electrons. The van der Waals surface area contributed by atoms with Gasteiger partial charge in [-0.3, -0.25) is 19.0 Å². The lowest BCUT2D eigenvalue weighted by Gasteiger charge is -2.10. The minimum atomic E-state index is -0.367. The summed E-state index contributed by atoms with van der Waals surface area (Å²) in [6.07, 6.45) is 1.45. The molecule has 0 saturated carbocycles. The number of nitrogens with zero attached hydrogens (tertiary/aromatic N) is 3. The average Bonchev–Trinajstić information content (AvgIpc) is 3.14. The molecule has 6 nitrogen and oxygen atoms in total. The second-order valence-corrected chi connectivity index (χ2v) is 5.93. The van der Waals surface area contributed by atoms with Gasteiger partial charge in [0.1, 0.15) is 11.0 Å². The van der Waals surface area contributed by atoms with E-state index in [4.69, 9.17) is 0 Å². The Kier molecular flexibility index (Phi) is 3.57. The van der Waals surface area contributed by atoms with Gasteiger partial charge in [-0.25, -0.2) is 4.79 Å². The molecule has 0 amide bonds. The van der Waals surface area contributed by atoms with Crippen molar-refractivity contribution in [3.63, 3.8) is 0 Å². The van der Waals surface area contributed by atoms with E-state index in [1.165, 1.54) is 17.8 Å². The Hall–Kier alpha value is -3.41. The fourth-order valence-electron chi connectivity index (χ4n) is 2.95. The van der Waals surface area contributed by atoms with E-state index in [1.807, 2.05) is 42.5 Å². The third kappa shape index (κ3) is 2.57. The van der Waals surface area contributed by atoms with Crippen molar-refractivity contribution in [2.75, 3.05) is 0 Å². The third-order valence-electron chi connectivity index (χ3n) is 4.34. The van der Waals surface area contributed by atoms with E-state index in [-0.39, 0.29) is 11.2 Å². The quantitative estimate of drug-likeness (QED) is 0.625. The van der Waals surface area contributed by atoms with Crippen LogP contribution in [-0.2, 0) is 13.6 Å². The maximum atomic E-state index is 12.5. The molecule has 1 N–H and O–H groups in total. The van der Waals surface area contributed by atoms with Crippen LogP contribution in [0.3, 0.4) is 0 Å². The van der Waals surface area contributed by atoms with Gasteiger partial charge in [-0.15, -0.1) is 0 Å². The van der Waals surface area contributed by atoms with Gasteiger partial charge in [-0.1, -0.05) is 54.6 Å². The van der Waals surface area contributed by atoms with E-state index in [9.17, 15) is 9.59 Å². The number of benzene rings is 2. The molecule has 4 rings (SSSR count). The van der Waals surface area contributed by atoms with Crippen LogP contribution in [-0.4, -0.2) is 19.3 Å². The van der Waals surface area contributed by atoms with Gasteiger partial charge in [-0.2, -0.15) is 5.10 Å². The number of hydrogen-bond acceptors (Lipinski definition) is 3. The molecule has 0 aliphatic heterocycles. The van der Waals surface area contributed by atoms with Gasteiger partial charge in [0.25, 0.3) is 5.56 Å². The summed E-state index contributed by atoms with van der Waals surface area (Å²) in [5.74, 6) is 0. The lowest BCUT2D eigenvalue weighted by Crippen LogP contribution is -2.38. The molecule has 0 atom stereocenters. The van der Waals surface area contributed by atoms with Crippen molar-refractivity contribution in [1.82, 2.24) is 19.3 Å². The highest BCUT2D eigenvalue weighted by atomic mass is 16.2. The summed E-state index contributed by atoms with van der Waals surface area (Å²) in [4.78, 5) is 24.6. The van der Waals surface area contributed by atoms with E-state index < -0.39 is 0 Å². The van der Waals surface area contributed by atoms with Crippen LogP contribution in [0.5, 0.6) is 0 Å². The highest BCUT2D eigenvalue weighted by molar-refractivity contribution is 5.73. The molecule has 2 aromatic heterocycles. The van der Waals surface area contributed by atoms with Crippen molar-refractivity contribution in [2.45, 2.75) is 6.54 Å². The van der Waals surface area contributed by atoms with Crippen LogP contribution in [0, 0.1) is 0 Å². The predicted octanol–water partition coefficient (Wildman–Crippen LogP) is 2.14. The molecule has 25 heavy (non-hydrogen) atoms. The van der Waals surface area contributed by atoms with E-state index in [0.29, 0.717) is 17.6 Å². The highest BCUT2D eigenvalue weighted by Crippen LogP contribution is 2.19. The van der Waals surface area contributed by atoms with Crippen molar-refractivity contribution >= 4 is 11.0 Å². The zero-order valence-electron chi connectivity index (χ0n) is 13.6. The zero-order chi connectivity index (χ0) is 17.4. The summed E-state index contributed by atoms with van der Waals surface area (Å²) >= 11 is 0. The SMILES string of the molecule is Cn1c(=O)c2cn[nH]c2n(Cc2ccc(-c3ccccc3)cc2)c1=O. The molecule has 0 aliphatic carbocycles. The van der Waals surface area contributed by atoms with Crippen LogP contribution >= 0.6 is 0 Å². The highest BCUT2D eigenvalue weighted by Gasteiger charge is 2.12. The molecule has 0 fully saturated rings. The van der Waals surface area contributed by atoms with Crippen molar-refractivity contribution in [3.05, 3.63) is 87.2 Å². The Balaban J connectivity index is 1.74. The summed E-state index contributed by atoms with van der Waals surface area (Å²) in [6, 6.07) is 18.1. The second kappa shape index (κ2) is 5.90. The molecule has 0 unspecified atom stereocenters. The number of aromatic amines is 1. The summed E-state index contributed by atoms with van der Waals surface area (Å²) < 4.78 is 2.64. The summed E-state index contributed by atoms with van der Waals surface area (Å²) in [7, 11) is 1.48. The minimum Gasteiger partial charge on any atom is -0.273 e. The Bertz CT molecular complexity index is 1150. The Morgan fingerprint density at radius 2 is 1.64 bits per heavy atom.